The van der Waals surface area contributed by atoms with Crippen LogP contribution in [0.3, 0.4) is 0 Å². The number of amides is 2. The number of carbonyl (C=O) groups is 2. The summed E-state index contributed by atoms with van der Waals surface area (Å²) in [6, 6.07) is 23.2. The largest absolute Gasteiger partial charge is 0.494 e. The Balaban J connectivity index is 1.67. The van der Waals surface area contributed by atoms with Crippen LogP contribution in [0.5, 0.6) is 5.75 Å². The van der Waals surface area contributed by atoms with E-state index in [0.29, 0.717) is 36.4 Å². The molecule has 3 aromatic rings. The minimum absolute atomic E-state index is 0.282. The van der Waals surface area contributed by atoms with Crippen LogP contribution in [0.2, 0.25) is 0 Å². The maximum absolute atomic E-state index is 13.5. The van der Waals surface area contributed by atoms with Gasteiger partial charge in [-0.05, 0) is 67.1 Å². The number of rotatable bonds is 9. The van der Waals surface area contributed by atoms with E-state index >= 15 is 0 Å². The van der Waals surface area contributed by atoms with Gasteiger partial charge in [0, 0.05) is 12.2 Å². The second-order valence-electron chi connectivity index (χ2n) is 8.49. The second kappa shape index (κ2) is 10.4. The average Bonchev–Trinajstić information content (AvgIpc) is 3.09. The van der Waals surface area contributed by atoms with Gasteiger partial charge in [-0.1, -0.05) is 61.5 Å². The van der Waals surface area contributed by atoms with Crippen LogP contribution in [-0.4, -0.2) is 29.9 Å². The highest BCUT2D eigenvalue weighted by Gasteiger charge is 2.39. The SMILES string of the molecule is CCCOc1ccc(C2=C(Nc3cccc(C)c3C)C(=O)N(CCc3ccccc3)C2=O)cc1. The molecule has 2 amide bonds. The molecule has 0 aromatic heterocycles. The summed E-state index contributed by atoms with van der Waals surface area (Å²) in [4.78, 5) is 28.4. The molecule has 174 valence electrons. The van der Waals surface area contributed by atoms with Crippen molar-refractivity contribution in [3.05, 3.63) is 101 Å². The first-order chi connectivity index (χ1) is 16.5. The van der Waals surface area contributed by atoms with Crippen LogP contribution in [0.1, 0.15) is 35.6 Å². The van der Waals surface area contributed by atoms with Crippen molar-refractivity contribution in [2.24, 2.45) is 0 Å². The highest BCUT2D eigenvalue weighted by atomic mass is 16.5. The molecular formula is C29H30N2O3. The van der Waals surface area contributed by atoms with Gasteiger partial charge in [0.15, 0.2) is 0 Å². The first-order valence-electron chi connectivity index (χ1n) is 11.7. The Kier molecular flexibility index (Phi) is 7.12. The van der Waals surface area contributed by atoms with Crippen LogP contribution in [0.15, 0.2) is 78.5 Å². The molecule has 0 spiro atoms. The molecule has 34 heavy (non-hydrogen) atoms. The van der Waals surface area contributed by atoms with Crippen molar-refractivity contribution in [2.45, 2.75) is 33.6 Å². The fraction of sp³-hybridized carbons (Fsp3) is 0.241. The molecule has 4 rings (SSSR count). The minimum Gasteiger partial charge on any atom is -0.494 e. The van der Waals surface area contributed by atoms with E-state index in [9.17, 15) is 9.59 Å². The van der Waals surface area contributed by atoms with E-state index in [-0.39, 0.29) is 11.8 Å². The van der Waals surface area contributed by atoms with Crippen LogP contribution in [0, 0.1) is 13.8 Å². The average molecular weight is 455 g/mol. The minimum atomic E-state index is -0.303. The topological polar surface area (TPSA) is 58.6 Å². The van der Waals surface area contributed by atoms with Gasteiger partial charge in [-0.25, -0.2) is 0 Å². The smallest absolute Gasteiger partial charge is 0.278 e. The summed E-state index contributed by atoms with van der Waals surface area (Å²) < 4.78 is 5.69. The zero-order valence-corrected chi connectivity index (χ0v) is 19.9. The molecular weight excluding hydrogens is 424 g/mol. The summed E-state index contributed by atoms with van der Waals surface area (Å²) >= 11 is 0. The molecule has 0 fully saturated rings. The zero-order chi connectivity index (χ0) is 24.1. The van der Waals surface area contributed by atoms with Gasteiger partial charge < -0.3 is 10.1 Å². The number of ether oxygens (including phenoxy) is 1. The Hall–Kier alpha value is -3.86. The number of benzene rings is 3. The van der Waals surface area contributed by atoms with Crippen molar-refractivity contribution in [2.75, 3.05) is 18.5 Å². The fourth-order valence-corrected chi connectivity index (χ4v) is 4.01. The molecule has 5 nitrogen and oxygen atoms in total. The van der Waals surface area contributed by atoms with Gasteiger partial charge in [-0.3, -0.25) is 14.5 Å². The van der Waals surface area contributed by atoms with Crippen molar-refractivity contribution in [3.8, 4) is 5.75 Å². The van der Waals surface area contributed by atoms with Crippen molar-refractivity contribution in [1.29, 1.82) is 0 Å². The molecule has 1 heterocycles. The van der Waals surface area contributed by atoms with Gasteiger partial charge in [-0.15, -0.1) is 0 Å². The summed E-state index contributed by atoms with van der Waals surface area (Å²) in [6.07, 6.45) is 1.52. The van der Waals surface area contributed by atoms with Gasteiger partial charge in [0.25, 0.3) is 11.8 Å². The molecule has 1 aliphatic heterocycles. The van der Waals surface area contributed by atoms with Crippen LogP contribution >= 0.6 is 0 Å². The first kappa shape index (κ1) is 23.3. The van der Waals surface area contributed by atoms with Crippen LogP contribution < -0.4 is 10.1 Å². The lowest BCUT2D eigenvalue weighted by Gasteiger charge is -2.16. The summed E-state index contributed by atoms with van der Waals surface area (Å²) in [5, 5.41) is 3.29. The van der Waals surface area contributed by atoms with Crippen molar-refractivity contribution in [3.63, 3.8) is 0 Å². The Bertz CT molecular complexity index is 1210. The lowest BCUT2D eigenvalue weighted by Crippen LogP contribution is -2.34. The van der Waals surface area contributed by atoms with E-state index in [1.54, 1.807) is 0 Å². The molecule has 0 atom stereocenters. The van der Waals surface area contributed by atoms with Crippen LogP contribution in [0.4, 0.5) is 5.69 Å². The Morgan fingerprint density at radius 2 is 1.59 bits per heavy atom. The molecule has 1 N–H and O–H groups in total. The third kappa shape index (κ3) is 4.88. The van der Waals surface area contributed by atoms with Crippen molar-refractivity contribution < 1.29 is 14.3 Å². The summed E-state index contributed by atoms with van der Waals surface area (Å²) in [5.74, 6) is 0.159. The summed E-state index contributed by atoms with van der Waals surface area (Å²) in [5.41, 5.74) is 5.45. The molecule has 0 saturated carbocycles. The predicted molar refractivity (Wildman–Crippen MR) is 136 cm³/mol. The highest BCUT2D eigenvalue weighted by Crippen LogP contribution is 2.32. The number of carbonyl (C=O) groups excluding carboxylic acids is 2. The second-order valence-corrected chi connectivity index (χ2v) is 8.49. The zero-order valence-electron chi connectivity index (χ0n) is 19.9. The normalized spacial score (nSPS) is 13.6. The van der Waals surface area contributed by atoms with E-state index in [1.165, 1.54) is 4.90 Å². The van der Waals surface area contributed by atoms with Crippen molar-refractivity contribution >= 4 is 23.1 Å². The number of nitrogens with one attached hydrogen (secondary N) is 1. The number of imide groups is 1. The van der Waals surface area contributed by atoms with Crippen LogP contribution in [0.25, 0.3) is 5.57 Å². The van der Waals surface area contributed by atoms with E-state index in [2.05, 4.69) is 12.2 Å². The molecule has 1 aliphatic rings. The quantitative estimate of drug-likeness (QED) is 0.432. The number of hydrogen-bond acceptors (Lipinski definition) is 4. The third-order valence-electron chi connectivity index (χ3n) is 6.12. The van der Waals surface area contributed by atoms with Gasteiger partial charge in [0.2, 0.25) is 0 Å². The third-order valence-corrected chi connectivity index (χ3v) is 6.12. The number of anilines is 1. The van der Waals surface area contributed by atoms with E-state index in [4.69, 9.17) is 4.74 Å². The van der Waals surface area contributed by atoms with Gasteiger partial charge in [-0.2, -0.15) is 0 Å². The first-order valence-corrected chi connectivity index (χ1v) is 11.7. The molecule has 0 bridgehead atoms. The molecule has 0 unspecified atom stereocenters. The number of hydrogen-bond donors (Lipinski definition) is 1. The van der Waals surface area contributed by atoms with E-state index in [1.807, 2.05) is 86.6 Å². The maximum Gasteiger partial charge on any atom is 0.278 e. The van der Waals surface area contributed by atoms with Crippen LogP contribution in [-0.2, 0) is 16.0 Å². The molecule has 0 aliphatic carbocycles. The van der Waals surface area contributed by atoms with E-state index < -0.39 is 0 Å². The lowest BCUT2D eigenvalue weighted by molar-refractivity contribution is -0.136. The monoisotopic (exact) mass is 454 g/mol. The van der Waals surface area contributed by atoms with Gasteiger partial charge >= 0.3 is 0 Å². The summed E-state index contributed by atoms with van der Waals surface area (Å²) in [7, 11) is 0. The van der Waals surface area contributed by atoms with E-state index in [0.717, 1.165) is 34.5 Å². The van der Waals surface area contributed by atoms with Gasteiger partial charge in [0.1, 0.15) is 11.4 Å². The molecule has 0 radical (unpaired) electrons. The molecule has 0 saturated heterocycles. The van der Waals surface area contributed by atoms with Gasteiger partial charge in [0.05, 0.1) is 12.2 Å². The molecule has 3 aromatic carbocycles. The Morgan fingerprint density at radius 3 is 2.29 bits per heavy atom. The highest BCUT2D eigenvalue weighted by molar-refractivity contribution is 6.36. The fourth-order valence-electron chi connectivity index (χ4n) is 4.01. The van der Waals surface area contributed by atoms with Crippen molar-refractivity contribution in [1.82, 2.24) is 4.90 Å². The Morgan fingerprint density at radius 1 is 0.853 bits per heavy atom. The number of nitrogens with zero attached hydrogens (tertiary/aromatic N) is 1. The summed E-state index contributed by atoms with van der Waals surface area (Å²) in [6.45, 7) is 7.04. The maximum atomic E-state index is 13.5. The Labute approximate surface area is 201 Å². The number of aryl methyl sites for hydroxylation is 1. The predicted octanol–water partition coefficient (Wildman–Crippen LogP) is 5.53. The lowest BCUT2D eigenvalue weighted by atomic mass is 10.0. The molecule has 5 heteroatoms. The standard InChI is InChI=1S/C29H30N2O3/c1-4-19-34-24-15-13-23(14-16-24)26-27(30-25-12-8-9-20(2)21(25)3)29(33)31(28(26)32)18-17-22-10-6-5-7-11-22/h5-16,30H,4,17-19H2,1-3H3.